The van der Waals surface area contributed by atoms with Crippen molar-refractivity contribution in [3.8, 4) is 0 Å². The van der Waals surface area contributed by atoms with Crippen molar-refractivity contribution < 1.29 is 0 Å². The van der Waals surface area contributed by atoms with E-state index in [9.17, 15) is 0 Å². The minimum Gasteiger partial charge on any atom is -0.375 e. The van der Waals surface area contributed by atoms with Crippen LogP contribution in [0.25, 0.3) is 0 Å². The lowest BCUT2D eigenvalue weighted by Gasteiger charge is -2.58. The first-order valence-corrected chi connectivity index (χ1v) is 12.3. The molecule has 174 valence electrons. The monoisotopic (exact) mass is 463 g/mol. The summed E-state index contributed by atoms with van der Waals surface area (Å²) in [5.74, 6) is 1.33. The average Bonchev–Trinajstić information content (AvgIpc) is 3.28. The number of aryl methyl sites for hydroxylation is 4. The molecule has 5 nitrogen and oxygen atoms in total. The second kappa shape index (κ2) is 8.05. The Hall–Kier alpha value is -2.53. The Labute approximate surface area is 201 Å². The van der Waals surface area contributed by atoms with Crippen molar-refractivity contribution in [3.05, 3.63) is 75.8 Å². The third kappa shape index (κ3) is 3.80. The fourth-order valence-corrected chi connectivity index (χ4v) is 6.14. The summed E-state index contributed by atoms with van der Waals surface area (Å²) in [6.45, 7) is 13.2. The van der Waals surface area contributed by atoms with Crippen LogP contribution < -0.4 is 5.32 Å². The number of nitrogens with zero attached hydrogens (tertiary/aromatic N) is 4. The van der Waals surface area contributed by atoms with Crippen LogP contribution >= 0.6 is 11.6 Å². The largest absolute Gasteiger partial charge is 0.375 e. The fourth-order valence-electron chi connectivity index (χ4n) is 6.02. The summed E-state index contributed by atoms with van der Waals surface area (Å²) in [5.41, 5.74) is 7.15. The summed E-state index contributed by atoms with van der Waals surface area (Å²) >= 11 is 6.20. The van der Waals surface area contributed by atoms with Crippen molar-refractivity contribution in [1.82, 2.24) is 19.6 Å². The minimum atomic E-state index is -0.123. The van der Waals surface area contributed by atoms with Gasteiger partial charge in [0.05, 0.1) is 17.4 Å². The smallest absolute Gasteiger partial charge is 0.167 e. The van der Waals surface area contributed by atoms with Gasteiger partial charge >= 0.3 is 0 Å². The van der Waals surface area contributed by atoms with E-state index >= 15 is 0 Å². The van der Waals surface area contributed by atoms with Gasteiger partial charge in [0, 0.05) is 22.1 Å². The molecular weight excluding hydrogens is 430 g/mol. The quantitative estimate of drug-likeness (QED) is 0.425. The van der Waals surface area contributed by atoms with E-state index in [2.05, 4.69) is 86.6 Å². The molecule has 0 saturated heterocycles. The highest BCUT2D eigenvalue weighted by Gasteiger charge is 2.53. The molecule has 0 amide bonds. The number of nitrogens with one attached hydrogen (secondary N) is 1. The van der Waals surface area contributed by atoms with Gasteiger partial charge < -0.3 is 5.32 Å². The number of hydrogen-bond donors (Lipinski definition) is 1. The first-order chi connectivity index (χ1) is 15.6. The maximum atomic E-state index is 6.20. The van der Waals surface area contributed by atoms with E-state index in [1.807, 2.05) is 12.1 Å². The minimum absolute atomic E-state index is 0.00713. The third-order valence-corrected chi connectivity index (χ3v) is 8.18. The number of fused-ring (bicyclic) bond motifs is 1. The molecule has 2 aromatic heterocycles. The number of hydrogen-bond acceptors (Lipinski definition) is 3. The standard InChI is InChI=1S/C27H34ClN5/c1-16-13-18(3)32(30-16)26(33-19(4)14-17(2)31-33)25(29-22-10-8-21(28)9-11-22)23-12-7-20-15-24(23)27(20,5)6/h8-14,20,24-26,29H,7,15H2,1-6H3/t20?,24-,25+/m0/s1. The maximum Gasteiger partial charge on any atom is 0.167 e. The van der Waals surface area contributed by atoms with E-state index in [0.29, 0.717) is 11.3 Å². The van der Waals surface area contributed by atoms with E-state index in [1.54, 1.807) is 0 Å². The Morgan fingerprint density at radius 1 is 0.970 bits per heavy atom. The van der Waals surface area contributed by atoms with Gasteiger partial charge in [-0.3, -0.25) is 0 Å². The van der Waals surface area contributed by atoms with Gasteiger partial charge in [-0.1, -0.05) is 31.5 Å². The molecule has 2 heterocycles. The molecule has 3 atom stereocenters. The molecule has 1 aromatic carbocycles. The molecule has 6 heteroatoms. The van der Waals surface area contributed by atoms with Gasteiger partial charge in [0.25, 0.3) is 0 Å². The predicted octanol–water partition coefficient (Wildman–Crippen LogP) is 6.49. The van der Waals surface area contributed by atoms with E-state index < -0.39 is 0 Å². The van der Waals surface area contributed by atoms with Crippen LogP contribution in [0.15, 0.2) is 48.0 Å². The molecule has 0 radical (unpaired) electrons. The van der Waals surface area contributed by atoms with Crippen LogP contribution in [-0.2, 0) is 0 Å². The van der Waals surface area contributed by atoms with Gasteiger partial charge in [-0.15, -0.1) is 0 Å². The third-order valence-electron chi connectivity index (χ3n) is 7.93. The summed E-state index contributed by atoms with van der Waals surface area (Å²) in [6.07, 6.45) is 4.77. The van der Waals surface area contributed by atoms with Crippen LogP contribution in [0.3, 0.4) is 0 Å². The Bertz CT molecular complexity index is 1150. The molecule has 6 rings (SSSR count). The Morgan fingerprint density at radius 2 is 1.55 bits per heavy atom. The lowest BCUT2D eigenvalue weighted by atomic mass is 9.48. The molecule has 1 unspecified atom stereocenters. The average molecular weight is 464 g/mol. The first-order valence-electron chi connectivity index (χ1n) is 11.9. The van der Waals surface area contributed by atoms with Gasteiger partial charge in [0.2, 0.25) is 0 Å². The number of anilines is 1. The number of rotatable bonds is 6. The molecule has 1 fully saturated rings. The van der Waals surface area contributed by atoms with Crippen LogP contribution in [-0.4, -0.2) is 25.6 Å². The van der Waals surface area contributed by atoms with Crippen molar-refractivity contribution in [3.63, 3.8) is 0 Å². The fraction of sp³-hybridized carbons (Fsp3) is 0.481. The number of aromatic nitrogens is 4. The van der Waals surface area contributed by atoms with Crippen molar-refractivity contribution in [2.45, 2.75) is 66.6 Å². The van der Waals surface area contributed by atoms with E-state index in [0.717, 1.165) is 45.8 Å². The zero-order chi connectivity index (χ0) is 23.5. The van der Waals surface area contributed by atoms with Crippen molar-refractivity contribution in [1.29, 1.82) is 0 Å². The normalized spacial score (nSPS) is 22.1. The van der Waals surface area contributed by atoms with E-state index in [4.69, 9.17) is 21.8 Å². The predicted molar refractivity (Wildman–Crippen MR) is 135 cm³/mol. The lowest BCUT2D eigenvalue weighted by molar-refractivity contribution is -0.0115. The lowest BCUT2D eigenvalue weighted by Crippen LogP contribution is -2.53. The second-order valence-electron chi connectivity index (χ2n) is 10.5. The zero-order valence-electron chi connectivity index (χ0n) is 20.4. The van der Waals surface area contributed by atoms with Crippen LogP contribution in [0.1, 0.15) is 55.6 Å². The van der Waals surface area contributed by atoms with Gasteiger partial charge in [-0.2, -0.15) is 10.2 Å². The van der Waals surface area contributed by atoms with Gasteiger partial charge in [-0.25, -0.2) is 9.36 Å². The Balaban J connectivity index is 1.67. The molecule has 1 N–H and O–H groups in total. The zero-order valence-corrected chi connectivity index (χ0v) is 21.2. The summed E-state index contributed by atoms with van der Waals surface area (Å²) in [6, 6.07) is 12.3. The number of allylic oxidation sites excluding steroid dienone is 1. The van der Waals surface area contributed by atoms with Crippen LogP contribution in [0.5, 0.6) is 0 Å². The Morgan fingerprint density at radius 3 is 2.00 bits per heavy atom. The van der Waals surface area contributed by atoms with Crippen LogP contribution in [0, 0.1) is 44.9 Å². The molecule has 1 saturated carbocycles. The molecule has 33 heavy (non-hydrogen) atoms. The highest BCUT2D eigenvalue weighted by Crippen LogP contribution is 2.60. The van der Waals surface area contributed by atoms with E-state index in [1.165, 1.54) is 12.0 Å². The number of benzene rings is 1. The van der Waals surface area contributed by atoms with Crippen molar-refractivity contribution in [2.75, 3.05) is 5.32 Å². The highest BCUT2D eigenvalue weighted by atomic mass is 35.5. The SMILES string of the molecule is Cc1cc(C)n(C([C@H](Nc2ccc(Cl)cc2)C2=CCC3C[C@@H]2C3(C)C)n2nc(C)cc2C)n1. The topological polar surface area (TPSA) is 47.7 Å². The molecule has 3 aromatic rings. The van der Waals surface area contributed by atoms with Gasteiger partial charge in [0.15, 0.2) is 6.17 Å². The Kier molecular flexibility index (Phi) is 5.43. The molecule has 0 spiro atoms. The van der Waals surface area contributed by atoms with Crippen molar-refractivity contribution in [2.24, 2.45) is 17.3 Å². The van der Waals surface area contributed by atoms with Crippen LogP contribution in [0.4, 0.5) is 5.69 Å². The summed E-state index contributed by atoms with van der Waals surface area (Å²) in [5, 5.41) is 14.5. The maximum absolute atomic E-state index is 6.20. The summed E-state index contributed by atoms with van der Waals surface area (Å²) in [7, 11) is 0. The summed E-state index contributed by atoms with van der Waals surface area (Å²) in [4.78, 5) is 0. The number of halogens is 1. The van der Waals surface area contributed by atoms with Gasteiger partial charge in [-0.05, 0) is 99.8 Å². The molecule has 2 bridgehead atoms. The van der Waals surface area contributed by atoms with E-state index in [-0.39, 0.29) is 12.2 Å². The summed E-state index contributed by atoms with van der Waals surface area (Å²) < 4.78 is 4.31. The molecular formula is C27H34ClN5. The van der Waals surface area contributed by atoms with Crippen LogP contribution in [0.2, 0.25) is 5.02 Å². The highest BCUT2D eigenvalue weighted by molar-refractivity contribution is 6.30. The molecule has 3 aliphatic carbocycles. The van der Waals surface area contributed by atoms with Gasteiger partial charge in [0.1, 0.15) is 0 Å². The molecule has 0 aliphatic heterocycles. The molecule has 3 aliphatic rings. The first kappa shape index (κ1) is 22.3. The second-order valence-corrected chi connectivity index (χ2v) is 11.0. The van der Waals surface area contributed by atoms with Crippen molar-refractivity contribution >= 4 is 17.3 Å².